The van der Waals surface area contributed by atoms with Gasteiger partial charge in [-0.15, -0.1) is 0 Å². The van der Waals surface area contributed by atoms with Crippen LogP contribution in [0, 0.1) is 23.0 Å². The van der Waals surface area contributed by atoms with Crippen LogP contribution in [0.2, 0.25) is 0 Å². The molecular formula is C21H17F2N5O3S2. The average Bonchev–Trinajstić information content (AvgIpc) is 3.40. The van der Waals surface area contributed by atoms with Crippen molar-refractivity contribution in [3.63, 3.8) is 0 Å². The Hall–Kier alpha value is -3.40. The molecule has 0 spiro atoms. The molecule has 3 aromatic rings. The maximum atomic E-state index is 14.0. The maximum Gasteiger partial charge on any atom is 0.243 e. The molecule has 0 unspecified atom stereocenters. The van der Waals surface area contributed by atoms with E-state index in [4.69, 9.17) is 11.0 Å². The highest BCUT2D eigenvalue weighted by atomic mass is 32.2. The summed E-state index contributed by atoms with van der Waals surface area (Å²) in [6.45, 7) is 0.403. The summed E-state index contributed by atoms with van der Waals surface area (Å²) in [5.74, 6) is -3.08. The number of hydrogen-bond acceptors (Lipinski definition) is 8. The number of nitrogens with two attached hydrogens (primary N) is 1. The molecule has 3 N–H and O–H groups in total. The first-order chi connectivity index (χ1) is 15.7. The molecule has 2 aromatic carbocycles. The minimum Gasteiger partial charge on any atom is -0.382 e. The van der Waals surface area contributed by atoms with E-state index in [0.29, 0.717) is 12.0 Å². The minimum absolute atomic E-state index is 0.0837. The third-order valence-electron chi connectivity index (χ3n) is 5.15. The van der Waals surface area contributed by atoms with Crippen molar-refractivity contribution in [2.45, 2.75) is 17.4 Å². The summed E-state index contributed by atoms with van der Waals surface area (Å²) < 4.78 is 55.0. The molecule has 1 fully saturated rings. The summed E-state index contributed by atoms with van der Waals surface area (Å²) in [6.07, 6.45) is 0.472. The normalized spacial score (nSPS) is 16.5. The van der Waals surface area contributed by atoms with Crippen LogP contribution in [0.4, 0.5) is 19.7 Å². The molecule has 1 atom stereocenters. The Morgan fingerprint density at radius 2 is 1.88 bits per heavy atom. The second kappa shape index (κ2) is 8.86. The number of rotatable bonds is 6. The lowest BCUT2D eigenvalue weighted by molar-refractivity contribution is 0.103. The van der Waals surface area contributed by atoms with Crippen LogP contribution in [0.15, 0.2) is 47.4 Å². The van der Waals surface area contributed by atoms with Crippen LogP contribution in [0.25, 0.3) is 0 Å². The second-order valence-corrected chi connectivity index (χ2v) is 10.2. The number of sulfonamides is 1. The van der Waals surface area contributed by atoms with E-state index in [2.05, 4.69) is 10.3 Å². The van der Waals surface area contributed by atoms with E-state index in [1.807, 2.05) is 6.07 Å². The second-order valence-electron chi connectivity index (χ2n) is 7.29. The minimum atomic E-state index is -3.75. The molecule has 0 saturated carbocycles. The molecule has 0 amide bonds. The van der Waals surface area contributed by atoms with E-state index >= 15 is 0 Å². The Morgan fingerprint density at radius 3 is 2.52 bits per heavy atom. The van der Waals surface area contributed by atoms with Gasteiger partial charge < -0.3 is 11.1 Å². The van der Waals surface area contributed by atoms with Crippen molar-refractivity contribution < 1.29 is 22.0 Å². The molecule has 1 aromatic heterocycles. The number of nitrogens with one attached hydrogen (secondary N) is 1. The standard InChI is InChI=1S/C21H17F2N5O3S2/c22-15-2-1-3-16(23)17(15)18(29)19-20(25)27-21(32-19)26-13-8-9-28(11-13)33(30,31)14-6-4-12(10-24)5-7-14/h1-7,13H,8-9,11,25H2,(H,26,27)/t13-/m1/s1. The maximum absolute atomic E-state index is 14.0. The van der Waals surface area contributed by atoms with Crippen LogP contribution in [0.3, 0.4) is 0 Å². The molecule has 1 aliphatic rings. The number of hydrogen-bond donors (Lipinski definition) is 2. The summed E-state index contributed by atoms with van der Waals surface area (Å²) in [7, 11) is -3.75. The van der Waals surface area contributed by atoms with Gasteiger partial charge in [-0.25, -0.2) is 22.2 Å². The van der Waals surface area contributed by atoms with Gasteiger partial charge in [-0.1, -0.05) is 17.4 Å². The monoisotopic (exact) mass is 489 g/mol. The lowest BCUT2D eigenvalue weighted by Crippen LogP contribution is -2.31. The predicted octanol–water partition coefficient (Wildman–Crippen LogP) is 2.98. The average molecular weight is 490 g/mol. The zero-order chi connectivity index (χ0) is 23.8. The summed E-state index contributed by atoms with van der Waals surface area (Å²) >= 11 is 0.847. The smallest absolute Gasteiger partial charge is 0.243 e. The number of benzene rings is 2. The molecule has 2 heterocycles. The van der Waals surface area contributed by atoms with E-state index in [-0.39, 0.29) is 39.9 Å². The topological polar surface area (TPSA) is 129 Å². The van der Waals surface area contributed by atoms with Crippen LogP contribution in [0.1, 0.15) is 27.2 Å². The van der Waals surface area contributed by atoms with Crippen molar-refractivity contribution in [2.24, 2.45) is 0 Å². The number of nitrogens with zero attached hydrogens (tertiary/aromatic N) is 3. The fraction of sp³-hybridized carbons (Fsp3) is 0.190. The Labute approximate surface area is 192 Å². The largest absolute Gasteiger partial charge is 0.382 e. The Balaban J connectivity index is 1.48. The van der Waals surface area contributed by atoms with Crippen LogP contribution in [0.5, 0.6) is 0 Å². The number of thiazole rings is 1. The first kappa shape index (κ1) is 22.8. The van der Waals surface area contributed by atoms with Crippen molar-refractivity contribution >= 4 is 38.1 Å². The van der Waals surface area contributed by atoms with Gasteiger partial charge in [-0.3, -0.25) is 4.79 Å². The van der Waals surface area contributed by atoms with Gasteiger partial charge in [0.1, 0.15) is 22.3 Å². The Bertz CT molecular complexity index is 1350. The van der Waals surface area contributed by atoms with Gasteiger partial charge in [0.25, 0.3) is 0 Å². The fourth-order valence-corrected chi connectivity index (χ4v) is 5.88. The van der Waals surface area contributed by atoms with Crippen LogP contribution in [-0.2, 0) is 10.0 Å². The molecule has 0 aliphatic carbocycles. The molecule has 8 nitrogen and oxygen atoms in total. The third kappa shape index (κ3) is 4.43. The molecule has 0 bridgehead atoms. The van der Waals surface area contributed by atoms with Gasteiger partial charge in [0.05, 0.1) is 22.1 Å². The highest BCUT2D eigenvalue weighted by Gasteiger charge is 2.33. The summed E-state index contributed by atoms with van der Waals surface area (Å²) in [4.78, 5) is 16.7. The van der Waals surface area contributed by atoms with Gasteiger partial charge in [-0.05, 0) is 42.8 Å². The van der Waals surface area contributed by atoms with E-state index in [9.17, 15) is 22.0 Å². The van der Waals surface area contributed by atoms with E-state index in [1.54, 1.807) is 0 Å². The van der Waals surface area contributed by atoms with E-state index in [0.717, 1.165) is 29.5 Å². The van der Waals surface area contributed by atoms with Gasteiger partial charge >= 0.3 is 0 Å². The summed E-state index contributed by atoms with van der Waals surface area (Å²) in [6, 6.07) is 10.4. The van der Waals surface area contributed by atoms with Crippen molar-refractivity contribution in [1.82, 2.24) is 9.29 Å². The quantitative estimate of drug-likeness (QED) is 0.509. The first-order valence-electron chi connectivity index (χ1n) is 9.72. The Morgan fingerprint density at radius 1 is 1.21 bits per heavy atom. The highest BCUT2D eigenvalue weighted by Crippen LogP contribution is 2.31. The van der Waals surface area contributed by atoms with Crippen molar-refractivity contribution in [3.8, 4) is 6.07 Å². The van der Waals surface area contributed by atoms with E-state index < -0.39 is 33.0 Å². The lowest BCUT2D eigenvalue weighted by atomic mass is 10.1. The molecule has 1 aliphatic heterocycles. The summed E-state index contributed by atoms with van der Waals surface area (Å²) in [5.41, 5.74) is 5.46. The number of ketones is 1. The third-order valence-corrected chi connectivity index (χ3v) is 8.03. The Kier molecular flexibility index (Phi) is 6.11. The van der Waals surface area contributed by atoms with Crippen molar-refractivity contribution in [3.05, 3.63) is 70.1 Å². The van der Waals surface area contributed by atoms with Crippen LogP contribution >= 0.6 is 11.3 Å². The number of nitriles is 1. The van der Waals surface area contributed by atoms with Crippen molar-refractivity contribution in [1.29, 1.82) is 5.26 Å². The number of halogens is 2. The van der Waals surface area contributed by atoms with Gasteiger partial charge in [0.15, 0.2) is 5.13 Å². The molecule has 170 valence electrons. The van der Waals surface area contributed by atoms with Crippen LogP contribution in [-0.4, -0.2) is 42.6 Å². The zero-order valence-electron chi connectivity index (χ0n) is 17.0. The number of carbonyl (C=O) groups is 1. The molecule has 1 saturated heterocycles. The van der Waals surface area contributed by atoms with Crippen molar-refractivity contribution in [2.75, 3.05) is 24.1 Å². The number of aromatic nitrogens is 1. The van der Waals surface area contributed by atoms with Crippen LogP contribution < -0.4 is 11.1 Å². The molecule has 0 radical (unpaired) electrons. The zero-order valence-corrected chi connectivity index (χ0v) is 18.6. The molecular weight excluding hydrogens is 472 g/mol. The first-order valence-corrected chi connectivity index (χ1v) is 12.0. The number of anilines is 2. The molecule has 12 heteroatoms. The summed E-state index contributed by atoms with van der Waals surface area (Å²) in [5, 5.41) is 12.2. The highest BCUT2D eigenvalue weighted by molar-refractivity contribution is 7.89. The molecule has 33 heavy (non-hydrogen) atoms. The van der Waals surface area contributed by atoms with Gasteiger partial charge in [0.2, 0.25) is 15.8 Å². The fourth-order valence-electron chi connectivity index (χ4n) is 3.47. The molecule has 4 rings (SSSR count). The van der Waals surface area contributed by atoms with Gasteiger partial charge in [0, 0.05) is 19.1 Å². The van der Waals surface area contributed by atoms with E-state index in [1.165, 1.54) is 28.6 Å². The lowest BCUT2D eigenvalue weighted by Gasteiger charge is -2.17. The van der Waals surface area contributed by atoms with Gasteiger partial charge in [-0.2, -0.15) is 9.57 Å². The SMILES string of the molecule is N#Cc1ccc(S(=O)(=O)N2CC[C@@H](Nc3nc(N)c(C(=O)c4c(F)cccc4F)s3)C2)cc1. The predicted molar refractivity (Wildman–Crippen MR) is 118 cm³/mol. The number of carbonyl (C=O) groups excluding carboxylic acids is 1. The number of nitrogen functional groups attached to an aromatic ring is 1.